The molecule has 0 unspecified atom stereocenters. The van der Waals surface area contributed by atoms with Gasteiger partial charge in [0.1, 0.15) is 5.69 Å². The molecule has 0 atom stereocenters. The van der Waals surface area contributed by atoms with Crippen molar-refractivity contribution in [3.63, 3.8) is 0 Å². The summed E-state index contributed by atoms with van der Waals surface area (Å²) in [5.41, 5.74) is 5.36. The van der Waals surface area contributed by atoms with Gasteiger partial charge < -0.3 is 14.8 Å². The molecule has 1 N–H and O–H groups in total. The topological polar surface area (TPSA) is 39.3 Å². The van der Waals surface area contributed by atoms with Crippen LogP contribution in [-0.4, -0.2) is 53.4 Å². The molecule has 2 heterocycles. The van der Waals surface area contributed by atoms with Gasteiger partial charge in [-0.25, -0.2) is 0 Å². The van der Waals surface area contributed by atoms with E-state index in [1.165, 1.54) is 42.4 Å². The van der Waals surface area contributed by atoms with Crippen LogP contribution in [0.25, 0.3) is 10.9 Å². The van der Waals surface area contributed by atoms with E-state index < -0.39 is 0 Å². The number of hydrogen-bond donors (Lipinski definition) is 1. The lowest BCUT2D eigenvalue weighted by atomic mass is 10.0. The Labute approximate surface area is 144 Å². The van der Waals surface area contributed by atoms with E-state index in [0.29, 0.717) is 0 Å². The fraction of sp³-hybridized carbons (Fsp3) is 0.550. The van der Waals surface area contributed by atoms with Gasteiger partial charge in [-0.2, -0.15) is 0 Å². The summed E-state index contributed by atoms with van der Waals surface area (Å²) in [6, 6.07) is 4.25. The predicted molar refractivity (Wildman–Crippen MR) is 99.8 cm³/mol. The summed E-state index contributed by atoms with van der Waals surface area (Å²) in [6.07, 6.45) is 2.58. The minimum Gasteiger partial charge on any atom is -0.350 e. The Hall–Kier alpha value is -1.81. The summed E-state index contributed by atoms with van der Waals surface area (Å²) < 4.78 is 0. The molecule has 3 rings (SSSR count). The molecule has 24 heavy (non-hydrogen) atoms. The monoisotopic (exact) mass is 327 g/mol. The average Bonchev–Trinajstić information content (AvgIpc) is 3.20. The van der Waals surface area contributed by atoms with Crippen LogP contribution in [0.3, 0.4) is 0 Å². The van der Waals surface area contributed by atoms with Gasteiger partial charge in [0.15, 0.2) is 0 Å². The number of rotatable bonds is 5. The average molecular weight is 327 g/mol. The number of fused-ring (bicyclic) bond motifs is 1. The number of aryl methyl sites for hydroxylation is 3. The standard InChI is InChI=1S/C20H29N3O/c1-5-23(13-12-22-10-6-7-11-22)20(24)19-16(4)17-14(2)8-9-15(3)18(17)21-19/h8-9,21H,5-7,10-13H2,1-4H3. The Bertz CT molecular complexity index is 741. The molecule has 2 aromatic rings. The van der Waals surface area contributed by atoms with Crippen molar-refractivity contribution in [2.45, 2.75) is 40.5 Å². The van der Waals surface area contributed by atoms with Gasteiger partial charge in [-0.15, -0.1) is 0 Å². The Kier molecular flexibility index (Phi) is 4.95. The number of carbonyl (C=O) groups excluding carboxylic acids is 1. The Morgan fingerprint density at radius 2 is 1.83 bits per heavy atom. The lowest BCUT2D eigenvalue weighted by Crippen LogP contribution is -2.38. The maximum absolute atomic E-state index is 13.1. The fourth-order valence-corrected chi connectivity index (χ4v) is 3.84. The summed E-state index contributed by atoms with van der Waals surface area (Å²) in [5, 5.41) is 1.20. The number of likely N-dealkylation sites (tertiary alicyclic amines) is 1. The highest BCUT2D eigenvalue weighted by Gasteiger charge is 2.22. The van der Waals surface area contributed by atoms with Crippen LogP contribution in [0.5, 0.6) is 0 Å². The SMILES string of the molecule is CCN(CCN1CCCC1)C(=O)c1[nH]c2c(C)ccc(C)c2c1C. The van der Waals surface area contributed by atoms with E-state index in [9.17, 15) is 4.79 Å². The second-order valence-electron chi connectivity index (χ2n) is 7.01. The molecule has 130 valence electrons. The molecule has 1 aromatic heterocycles. The van der Waals surface area contributed by atoms with Gasteiger partial charge in [0, 0.05) is 30.5 Å². The first-order valence-corrected chi connectivity index (χ1v) is 9.13. The van der Waals surface area contributed by atoms with E-state index in [-0.39, 0.29) is 5.91 Å². The largest absolute Gasteiger partial charge is 0.350 e. The maximum atomic E-state index is 13.1. The lowest BCUT2D eigenvalue weighted by molar-refractivity contribution is 0.0744. The Balaban J connectivity index is 1.85. The van der Waals surface area contributed by atoms with Crippen LogP contribution in [0.2, 0.25) is 0 Å². The van der Waals surface area contributed by atoms with Crippen LogP contribution in [0.1, 0.15) is 46.9 Å². The first-order chi connectivity index (χ1) is 11.5. The van der Waals surface area contributed by atoms with Gasteiger partial charge in [0.05, 0.1) is 0 Å². The number of likely N-dealkylation sites (N-methyl/N-ethyl adjacent to an activating group) is 1. The number of aromatic nitrogens is 1. The van der Waals surface area contributed by atoms with E-state index in [2.05, 4.69) is 49.7 Å². The van der Waals surface area contributed by atoms with Gasteiger partial charge in [-0.05, 0) is 70.3 Å². The van der Waals surface area contributed by atoms with E-state index in [4.69, 9.17) is 0 Å². The predicted octanol–water partition coefficient (Wildman–Crippen LogP) is 3.65. The minimum absolute atomic E-state index is 0.129. The number of carbonyl (C=O) groups is 1. The molecule has 0 saturated carbocycles. The molecular weight excluding hydrogens is 298 g/mol. The molecule has 4 nitrogen and oxygen atoms in total. The van der Waals surface area contributed by atoms with Crippen molar-refractivity contribution in [3.8, 4) is 0 Å². The van der Waals surface area contributed by atoms with Gasteiger partial charge in [-0.3, -0.25) is 4.79 Å². The summed E-state index contributed by atoms with van der Waals surface area (Å²) in [5.74, 6) is 0.129. The highest BCUT2D eigenvalue weighted by molar-refractivity contribution is 6.02. The molecule has 1 saturated heterocycles. The van der Waals surface area contributed by atoms with E-state index >= 15 is 0 Å². The third-order valence-corrected chi connectivity index (χ3v) is 5.39. The minimum atomic E-state index is 0.129. The quantitative estimate of drug-likeness (QED) is 0.910. The smallest absolute Gasteiger partial charge is 0.270 e. The fourth-order valence-electron chi connectivity index (χ4n) is 3.84. The maximum Gasteiger partial charge on any atom is 0.270 e. The van der Waals surface area contributed by atoms with E-state index in [1.54, 1.807) is 0 Å². The summed E-state index contributed by atoms with van der Waals surface area (Å²) >= 11 is 0. The van der Waals surface area contributed by atoms with Crippen molar-refractivity contribution in [3.05, 3.63) is 34.5 Å². The molecule has 1 fully saturated rings. The molecule has 0 bridgehead atoms. The molecule has 0 spiro atoms. The van der Waals surface area contributed by atoms with Crippen LogP contribution < -0.4 is 0 Å². The van der Waals surface area contributed by atoms with Crippen molar-refractivity contribution in [1.82, 2.24) is 14.8 Å². The zero-order valence-electron chi connectivity index (χ0n) is 15.4. The Morgan fingerprint density at radius 1 is 1.17 bits per heavy atom. The van der Waals surface area contributed by atoms with Crippen molar-refractivity contribution < 1.29 is 4.79 Å². The zero-order valence-corrected chi connectivity index (χ0v) is 15.4. The molecule has 1 aliphatic heterocycles. The third kappa shape index (κ3) is 3.07. The second-order valence-corrected chi connectivity index (χ2v) is 7.01. The molecule has 4 heteroatoms. The van der Waals surface area contributed by atoms with Crippen LogP contribution >= 0.6 is 0 Å². The summed E-state index contributed by atoms with van der Waals surface area (Å²) in [6.45, 7) is 13.2. The molecule has 1 aromatic carbocycles. The highest BCUT2D eigenvalue weighted by Crippen LogP contribution is 2.28. The van der Waals surface area contributed by atoms with Gasteiger partial charge >= 0.3 is 0 Å². The number of hydrogen-bond acceptors (Lipinski definition) is 2. The number of amides is 1. The first-order valence-electron chi connectivity index (χ1n) is 9.13. The summed E-state index contributed by atoms with van der Waals surface area (Å²) in [4.78, 5) is 20.9. The van der Waals surface area contributed by atoms with E-state index in [1.807, 2.05) is 4.90 Å². The first kappa shape index (κ1) is 17.0. The number of nitrogens with zero attached hydrogens (tertiary/aromatic N) is 2. The number of aromatic amines is 1. The normalized spacial score (nSPS) is 15.3. The molecule has 0 radical (unpaired) electrons. The zero-order chi connectivity index (χ0) is 17.3. The van der Waals surface area contributed by atoms with Crippen molar-refractivity contribution in [2.75, 3.05) is 32.7 Å². The Morgan fingerprint density at radius 3 is 2.46 bits per heavy atom. The highest BCUT2D eigenvalue weighted by atomic mass is 16.2. The lowest BCUT2D eigenvalue weighted by Gasteiger charge is -2.24. The van der Waals surface area contributed by atoms with Crippen LogP contribution in [-0.2, 0) is 0 Å². The van der Waals surface area contributed by atoms with Gasteiger partial charge in [0.2, 0.25) is 0 Å². The van der Waals surface area contributed by atoms with E-state index in [0.717, 1.165) is 36.4 Å². The molecular formula is C20H29N3O. The number of benzene rings is 1. The molecule has 1 amide bonds. The molecule has 1 aliphatic rings. The number of nitrogens with one attached hydrogen (secondary N) is 1. The number of H-pyrrole nitrogens is 1. The van der Waals surface area contributed by atoms with Crippen LogP contribution in [0.4, 0.5) is 0 Å². The third-order valence-electron chi connectivity index (χ3n) is 5.39. The van der Waals surface area contributed by atoms with Crippen molar-refractivity contribution in [1.29, 1.82) is 0 Å². The van der Waals surface area contributed by atoms with Crippen LogP contribution in [0.15, 0.2) is 12.1 Å². The second kappa shape index (κ2) is 6.98. The van der Waals surface area contributed by atoms with Gasteiger partial charge in [-0.1, -0.05) is 12.1 Å². The summed E-state index contributed by atoms with van der Waals surface area (Å²) in [7, 11) is 0. The van der Waals surface area contributed by atoms with Crippen molar-refractivity contribution in [2.24, 2.45) is 0 Å². The van der Waals surface area contributed by atoms with Gasteiger partial charge in [0.25, 0.3) is 5.91 Å². The van der Waals surface area contributed by atoms with Crippen LogP contribution in [0, 0.1) is 20.8 Å². The van der Waals surface area contributed by atoms with Crippen molar-refractivity contribution >= 4 is 16.8 Å². The molecule has 0 aliphatic carbocycles.